The van der Waals surface area contributed by atoms with Crippen LogP contribution in [0.5, 0.6) is 0 Å². The van der Waals surface area contributed by atoms with Crippen molar-refractivity contribution >= 4 is 6.09 Å². The van der Waals surface area contributed by atoms with Crippen LogP contribution in [0.3, 0.4) is 0 Å². The summed E-state index contributed by atoms with van der Waals surface area (Å²) in [4.78, 5) is 20.7. The summed E-state index contributed by atoms with van der Waals surface area (Å²) in [6.07, 6.45) is -3.22. The Morgan fingerprint density at radius 3 is 2.40 bits per heavy atom. The minimum atomic E-state index is -4.32. The third-order valence-corrected chi connectivity index (χ3v) is 5.79. The van der Waals surface area contributed by atoms with Crippen LogP contribution in [0.2, 0.25) is 0 Å². The third-order valence-electron chi connectivity index (χ3n) is 5.79. The minimum absolute atomic E-state index is 0.311. The van der Waals surface area contributed by atoms with Crippen LogP contribution in [0.15, 0.2) is 42.5 Å². The van der Waals surface area contributed by atoms with Crippen molar-refractivity contribution in [2.45, 2.75) is 44.6 Å². The van der Waals surface area contributed by atoms with Gasteiger partial charge in [-0.15, -0.1) is 0 Å². The molecule has 0 radical (unpaired) electrons. The van der Waals surface area contributed by atoms with Crippen LogP contribution in [-0.4, -0.2) is 46.1 Å². The molecule has 0 aliphatic carbocycles. The zero-order valence-electron chi connectivity index (χ0n) is 16.8. The average Bonchev–Trinajstić information content (AvgIpc) is 2.98. The van der Waals surface area contributed by atoms with Crippen LogP contribution < -0.4 is 0 Å². The van der Waals surface area contributed by atoms with E-state index < -0.39 is 17.3 Å². The number of aryl methyl sites for hydroxylation is 1. The van der Waals surface area contributed by atoms with Crippen molar-refractivity contribution in [3.8, 4) is 0 Å². The fourth-order valence-corrected chi connectivity index (χ4v) is 4.13. The number of rotatable bonds is 4. The largest absolute Gasteiger partial charge is 0.441 e. The Hall–Kier alpha value is -2.61. The molecule has 160 valence electrons. The van der Waals surface area contributed by atoms with Gasteiger partial charge in [0.05, 0.1) is 24.3 Å². The van der Waals surface area contributed by atoms with Crippen LogP contribution >= 0.6 is 0 Å². The molecular weight excluding hydrogens is 395 g/mol. The number of carbonyl (C=O) groups is 1. The average molecular weight is 419 g/mol. The lowest BCUT2D eigenvalue weighted by Gasteiger charge is -2.37. The molecule has 0 saturated carbocycles. The molecular formula is C22H24F3N3O2. The van der Waals surface area contributed by atoms with Crippen LogP contribution in [0.1, 0.15) is 35.4 Å². The molecule has 1 aromatic heterocycles. The second-order valence-corrected chi connectivity index (χ2v) is 8.15. The highest BCUT2D eigenvalue weighted by Gasteiger charge is 2.46. The molecule has 0 unspecified atom stereocenters. The molecule has 2 saturated heterocycles. The molecule has 2 aromatic rings. The summed E-state index contributed by atoms with van der Waals surface area (Å²) in [7, 11) is 0. The first-order valence-corrected chi connectivity index (χ1v) is 10.0. The maximum absolute atomic E-state index is 12.7. The van der Waals surface area contributed by atoms with E-state index in [9.17, 15) is 18.0 Å². The van der Waals surface area contributed by atoms with Crippen molar-refractivity contribution < 1.29 is 22.7 Å². The fraction of sp³-hybridized carbons (Fsp3) is 0.455. The van der Waals surface area contributed by atoms with Gasteiger partial charge >= 0.3 is 12.3 Å². The van der Waals surface area contributed by atoms with Gasteiger partial charge in [0.25, 0.3) is 0 Å². The SMILES string of the molecule is Cc1cccc(CN2CC3(CCN(Cc4ccc(C(F)(F)F)cc4)CC3)OC2=O)n1. The second kappa shape index (κ2) is 7.91. The molecule has 2 aliphatic heterocycles. The Bertz CT molecular complexity index is 907. The molecule has 2 aliphatic rings. The molecule has 0 bridgehead atoms. The van der Waals surface area contributed by atoms with Crippen molar-refractivity contribution in [3.63, 3.8) is 0 Å². The molecule has 8 heteroatoms. The number of amides is 1. The van der Waals surface area contributed by atoms with Crippen molar-refractivity contribution in [1.29, 1.82) is 0 Å². The van der Waals surface area contributed by atoms with Gasteiger partial charge < -0.3 is 4.74 Å². The van der Waals surface area contributed by atoms with Gasteiger partial charge in [0.15, 0.2) is 0 Å². The number of halogens is 3. The predicted octanol–water partition coefficient (Wildman–Crippen LogP) is 4.40. The summed E-state index contributed by atoms with van der Waals surface area (Å²) < 4.78 is 43.9. The second-order valence-electron chi connectivity index (χ2n) is 8.15. The van der Waals surface area contributed by atoms with Crippen LogP contribution in [-0.2, 0) is 24.0 Å². The first-order chi connectivity index (χ1) is 14.2. The Kier molecular flexibility index (Phi) is 5.44. The predicted molar refractivity (Wildman–Crippen MR) is 105 cm³/mol. The van der Waals surface area contributed by atoms with Gasteiger partial charge in [-0.25, -0.2) is 4.79 Å². The van der Waals surface area contributed by atoms with Gasteiger partial charge in [0, 0.05) is 38.2 Å². The molecule has 2 fully saturated rings. The van der Waals surface area contributed by atoms with Crippen LogP contribution in [0, 0.1) is 6.92 Å². The lowest BCUT2D eigenvalue weighted by atomic mass is 9.91. The smallest absolute Gasteiger partial charge is 0.416 e. The van der Waals surface area contributed by atoms with Crippen molar-refractivity contribution in [2.75, 3.05) is 19.6 Å². The Morgan fingerprint density at radius 1 is 1.07 bits per heavy atom. The first kappa shape index (κ1) is 20.7. The number of hydrogen-bond donors (Lipinski definition) is 0. The normalized spacial score (nSPS) is 19.3. The summed E-state index contributed by atoms with van der Waals surface area (Å²) in [5, 5.41) is 0. The summed E-state index contributed by atoms with van der Waals surface area (Å²) in [6.45, 7) is 4.92. The Balaban J connectivity index is 1.32. The zero-order valence-corrected chi connectivity index (χ0v) is 16.8. The summed E-state index contributed by atoms with van der Waals surface area (Å²) in [5.74, 6) is 0. The number of ether oxygens (including phenoxy) is 1. The van der Waals surface area contributed by atoms with E-state index >= 15 is 0 Å². The summed E-state index contributed by atoms with van der Waals surface area (Å²) in [5.41, 5.74) is 1.46. The molecule has 1 amide bonds. The topological polar surface area (TPSA) is 45.7 Å². The summed E-state index contributed by atoms with van der Waals surface area (Å²) in [6, 6.07) is 11.0. The molecule has 1 aromatic carbocycles. The molecule has 1 spiro atoms. The van der Waals surface area contributed by atoms with E-state index in [2.05, 4.69) is 9.88 Å². The van der Waals surface area contributed by atoms with Crippen molar-refractivity contribution in [3.05, 3.63) is 65.0 Å². The lowest BCUT2D eigenvalue weighted by molar-refractivity contribution is -0.137. The number of aromatic nitrogens is 1. The van der Waals surface area contributed by atoms with Gasteiger partial charge in [0.1, 0.15) is 5.60 Å². The van der Waals surface area contributed by atoms with E-state index in [1.165, 1.54) is 12.1 Å². The highest BCUT2D eigenvalue weighted by molar-refractivity contribution is 5.70. The lowest BCUT2D eigenvalue weighted by Crippen LogP contribution is -2.46. The molecule has 5 nitrogen and oxygen atoms in total. The first-order valence-electron chi connectivity index (χ1n) is 10.0. The highest BCUT2D eigenvalue weighted by atomic mass is 19.4. The fourth-order valence-electron chi connectivity index (χ4n) is 4.13. The third kappa shape index (κ3) is 4.59. The van der Waals surface area contributed by atoms with Crippen LogP contribution in [0.4, 0.5) is 18.0 Å². The van der Waals surface area contributed by atoms with E-state index in [4.69, 9.17) is 4.74 Å². The molecule has 0 atom stereocenters. The van der Waals surface area contributed by atoms with Gasteiger partial charge in [-0.3, -0.25) is 14.8 Å². The van der Waals surface area contributed by atoms with Gasteiger partial charge in [-0.05, 0) is 36.8 Å². The van der Waals surface area contributed by atoms with E-state index in [1.807, 2.05) is 25.1 Å². The Labute approximate surface area is 173 Å². The summed E-state index contributed by atoms with van der Waals surface area (Å²) >= 11 is 0. The van der Waals surface area contributed by atoms with E-state index in [-0.39, 0.29) is 6.09 Å². The maximum atomic E-state index is 12.7. The quantitative estimate of drug-likeness (QED) is 0.737. The maximum Gasteiger partial charge on any atom is 0.416 e. The monoisotopic (exact) mass is 419 g/mol. The molecule has 0 N–H and O–H groups in total. The van der Waals surface area contributed by atoms with Gasteiger partial charge in [-0.2, -0.15) is 13.2 Å². The number of piperidine rings is 1. The highest BCUT2D eigenvalue weighted by Crippen LogP contribution is 2.34. The van der Waals surface area contributed by atoms with Crippen molar-refractivity contribution in [2.24, 2.45) is 0 Å². The van der Waals surface area contributed by atoms with Crippen LogP contribution in [0.25, 0.3) is 0 Å². The molecule has 30 heavy (non-hydrogen) atoms. The van der Waals surface area contributed by atoms with E-state index in [0.717, 1.165) is 42.2 Å². The minimum Gasteiger partial charge on any atom is -0.441 e. The van der Waals surface area contributed by atoms with E-state index in [1.54, 1.807) is 4.90 Å². The number of benzene rings is 1. The number of hydrogen-bond acceptors (Lipinski definition) is 4. The standard InChI is InChI=1S/C22H24F3N3O2/c1-16-3-2-4-19(26-16)14-28-15-21(30-20(28)29)9-11-27(12-10-21)13-17-5-7-18(8-6-17)22(23,24)25/h2-8H,9-15H2,1H3. The number of nitrogens with zero attached hydrogens (tertiary/aromatic N) is 3. The van der Waals surface area contributed by atoms with Gasteiger partial charge in [-0.1, -0.05) is 18.2 Å². The number of pyridine rings is 1. The Morgan fingerprint density at radius 2 is 1.77 bits per heavy atom. The number of carbonyl (C=O) groups excluding carboxylic acids is 1. The number of alkyl halides is 3. The van der Waals surface area contributed by atoms with Crippen molar-refractivity contribution in [1.82, 2.24) is 14.8 Å². The molecule has 3 heterocycles. The number of likely N-dealkylation sites (tertiary alicyclic amines) is 1. The molecule has 4 rings (SSSR count). The van der Waals surface area contributed by atoms with Gasteiger partial charge in [0.2, 0.25) is 0 Å². The van der Waals surface area contributed by atoms with E-state index in [0.29, 0.717) is 32.5 Å². The zero-order chi connectivity index (χ0) is 21.4.